The summed E-state index contributed by atoms with van der Waals surface area (Å²) < 4.78 is 13.9. The number of nitrogens with two attached hydrogens (primary N) is 1. The number of hydrogen-bond donors (Lipinski definition) is 2. The summed E-state index contributed by atoms with van der Waals surface area (Å²) in [5.41, 5.74) is 7.55. The predicted molar refractivity (Wildman–Crippen MR) is 125 cm³/mol. The Labute approximate surface area is 189 Å². The SMILES string of the molecule is Nc1ncc(-c2nccc3ccc(F)cc23)nc1C(=O)Nc1ncccc1N1CCCCC1. The molecule has 8 nitrogen and oxygen atoms in total. The molecule has 0 unspecified atom stereocenters. The Hall–Kier alpha value is -4.14. The lowest BCUT2D eigenvalue weighted by atomic mass is 10.1. The first kappa shape index (κ1) is 20.7. The number of hydrogen-bond acceptors (Lipinski definition) is 7. The lowest BCUT2D eigenvalue weighted by Crippen LogP contribution is -2.31. The highest BCUT2D eigenvalue weighted by atomic mass is 19.1. The van der Waals surface area contributed by atoms with Gasteiger partial charge in [0.1, 0.15) is 11.5 Å². The van der Waals surface area contributed by atoms with E-state index in [0.29, 0.717) is 22.6 Å². The van der Waals surface area contributed by atoms with Crippen LogP contribution in [0.5, 0.6) is 0 Å². The Bertz CT molecular complexity index is 1340. The van der Waals surface area contributed by atoms with E-state index in [1.165, 1.54) is 24.8 Å². The molecule has 5 rings (SSSR count). The average molecular weight is 443 g/mol. The lowest BCUT2D eigenvalue weighted by molar-refractivity contribution is 0.102. The second kappa shape index (κ2) is 8.78. The van der Waals surface area contributed by atoms with Crippen molar-refractivity contribution in [3.63, 3.8) is 0 Å². The summed E-state index contributed by atoms with van der Waals surface area (Å²) in [4.78, 5) is 32.6. The topological polar surface area (TPSA) is 110 Å². The molecule has 0 bridgehead atoms. The molecule has 0 radical (unpaired) electrons. The highest BCUT2D eigenvalue weighted by molar-refractivity contribution is 6.07. The molecule has 1 aromatic carbocycles. The molecule has 0 aliphatic carbocycles. The van der Waals surface area contributed by atoms with Gasteiger partial charge in [-0.3, -0.25) is 9.78 Å². The Morgan fingerprint density at radius 1 is 1.03 bits per heavy atom. The molecule has 3 N–H and O–H groups in total. The van der Waals surface area contributed by atoms with Gasteiger partial charge in [-0.15, -0.1) is 0 Å². The summed E-state index contributed by atoms with van der Waals surface area (Å²) in [6, 6.07) is 9.99. The van der Waals surface area contributed by atoms with Gasteiger partial charge >= 0.3 is 0 Å². The van der Waals surface area contributed by atoms with E-state index in [1.54, 1.807) is 24.5 Å². The van der Waals surface area contributed by atoms with E-state index in [1.807, 2.05) is 12.1 Å². The zero-order valence-electron chi connectivity index (χ0n) is 17.8. The van der Waals surface area contributed by atoms with E-state index in [0.717, 1.165) is 37.0 Å². The maximum Gasteiger partial charge on any atom is 0.279 e. The normalized spacial score (nSPS) is 13.8. The van der Waals surface area contributed by atoms with Crippen LogP contribution in [0.3, 0.4) is 0 Å². The molecule has 1 aliphatic rings. The molecule has 1 aliphatic heterocycles. The molecule has 33 heavy (non-hydrogen) atoms. The van der Waals surface area contributed by atoms with Crippen LogP contribution >= 0.6 is 0 Å². The fourth-order valence-corrected chi connectivity index (χ4v) is 4.07. The smallest absolute Gasteiger partial charge is 0.279 e. The zero-order chi connectivity index (χ0) is 22.8. The third-order valence-corrected chi connectivity index (χ3v) is 5.70. The van der Waals surface area contributed by atoms with Crippen LogP contribution < -0.4 is 16.0 Å². The Kier molecular flexibility index (Phi) is 5.52. The number of rotatable bonds is 4. The lowest BCUT2D eigenvalue weighted by Gasteiger charge is -2.29. The number of anilines is 3. The molecule has 0 spiro atoms. The standard InChI is InChI=1S/C24H22FN7O/c25-16-7-6-15-8-10-27-20(17(15)13-16)18-14-29-22(26)21(30-18)24(33)31-23-19(5-4-9-28-23)32-11-2-1-3-12-32/h4-10,13-14H,1-3,11-12H2,(H2,26,29)(H,28,31,33). The molecule has 4 aromatic rings. The van der Waals surface area contributed by atoms with E-state index in [2.05, 4.69) is 30.2 Å². The summed E-state index contributed by atoms with van der Waals surface area (Å²) in [5, 5.41) is 4.20. The van der Waals surface area contributed by atoms with Crippen molar-refractivity contribution in [3.05, 3.63) is 66.5 Å². The van der Waals surface area contributed by atoms with Crippen LogP contribution in [0.25, 0.3) is 22.2 Å². The number of halogens is 1. The molecule has 166 valence electrons. The second-order valence-electron chi connectivity index (χ2n) is 7.89. The van der Waals surface area contributed by atoms with Crippen molar-refractivity contribution < 1.29 is 9.18 Å². The Balaban J connectivity index is 1.49. The van der Waals surface area contributed by atoms with Crippen molar-refractivity contribution >= 4 is 34.0 Å². The quantitative estimate of drug-likeness (QED) is 0.490. The number of aromatic nitrogens is 4. The maximum atomic E-state index is 13.9. The molecule has 9 heteroatoms. The first-order valence-corrected chi connectivity index (χ1v) is 10.8. The minimum Gasteiger partial charge on any atom is -0.382 e. The van der Waals surface area contributed by atoms with Crippen LogP contribution in [0.15, 0.2) is 55.0 Å². The number of carbonyl (C=O) groups excluding carboxylic acids is 1. The van der Waals surface area contributed by atoms with Gasteiger partial charge in [0.15, 0.2) is 17.3 Å². The van der Waals surface area contributed by atoms with Crippen LogP contribution in [-0.2, 0) is 0 Å². The first-order valence-electron chi connectivity index (χ1n) is 10.8. The van der Waals surface area contributed by atoms with Gasteiger partial charge in [-0.1, -0.05) is 6.07 Å². The molecular weight excluding hydrogens is 421 g/mol. The van der Waals surface area contributed by atoms with Gasteiger partial charge < -0.3 is 16.0 Å². The number of nitrogens with one attached hydrogen (secondary N) is 1. The number of nitrogen functional groups attached to an aromatic ring is 1. The van der Waals surface area contributed by atoms with Gasteiger partial charge in [-0.2, -0.15) is 0 Å². The minimum atomic E-state index is -0.523. The summed E-state index contributed by atoms with van der Waals surface area (Å²) in [5.74, 6) is -0.483. The fourth-order valence-electron chi connectivity index (χ4n) is 4.07. The highest BCUT2D eigenvalue weighted by Crippen LogP contribution is 2.28. The van der Waals surface area contributed by atoms with E-state index >= 15 is 0 Å². The van der Waals surface area contributed by atoms with E-state index in [-0.39, 0.29) is 11.5 Å². The van der Waals surface area contributed by atoms with Gasteiger partial charge in [0.2, 0.25) is 0 Å². The molecule has 0 atom stereocenters. The number of pyridine rings is 2. The minimum absolute atomic E-state index is 0.0156. The Morgan fingerprint density at radius 3 is 2.73 bits per heavy atom. The fraction of sp³-hybridized carbons (Fsp3) is 0.208. The predicted octanol–water partition coefficient (Wildman–Crippen LogP) is 4.05. The van der Waals surface area contributed by atoms with E-state index in [4.69, 9.17) is 5.73 Å². The summed E-state index contributed by atoms with van der Waals surface area (Å²) in [6.07, 6.45) is 8.06. The van der Waals surface area contributed by atoms with Gasteiger partial charge in [0.25, 0.3) is 5.91 Å². The van der Waals surface area contributed by atoms with E-state index in [9.17, 15) is 9.18 Å². The molecule has 4 heterocycles. The molecule has 1 fully saturated rings. The van der Waals surface area contributed by atoms with Crippen LogP contribution in [-0.4, -0.2) is 38.9 Å². The third kappa shape index (κ3) is 4.17. The summed E-state index contributed by atoms with van der Waals surface area (Å²) in [6.45, 7) is 1.82. The van der Waals surface area contributed by atoms with Crippen molar-refractivity contribution in [3.8, 4) is 11.4 Å². The molecular formula is C24H22FN7O. The van der Waals surface area contributed by atoms with Crippen LogP contribution in [0.1, 0.15) is 29.8 Å². The highest BCUT2D eigenvalue weighted by Gasteiger charge is 2.21. The average Bonchev–Trinajstić information content (AvgIpc) is 2.85. The van der Waals surface area contributed by atoms with Crippen LogP contribution in [0.2, 0.25) is 0 Å². The number of fused-ring (bicyclic) bond motifs is 1. The molecule has 1 saturated heterocycles. The number of carbonyl (C=O) groups is 1. The maximum absolute atomic E-state index is 13.9. The monoisotopic (exact) mass is 443 g/mol. The number of benzene rings is 1. The van der Waals surface area contributed by atoms with Crippen molar-refractivity contribution in [2.24, 2.45) is 0 Å². The van der Waals surface area contributed by atoms with Gasteiger partial charge in [0.05, 0.1) is 17.6 Å². The molecule has 3 aromatic heterocycles. The number of amides is 1. The summed E-state index contributed by atoms with van der Waals surface area (Å²) in [7, 11) is 0. The molecule has 1 amide bonds. The second-order valence-corrected chi connectivity index (χ2v) is 7.89. The van der Waals surface area contributed by atoms with Gasteiger partial charge in [0, 0.05) is 30.9 Å². The molecule has 0 saturated carbocycles. The number of piperidine rings is 1. The van der Waals surface area contributed by atoms with Crippen molar-refractivity contribution in [2.75, 3.05) is 29.0 Å². The largest absolute Gasteiger partial charge is 0.382 e. The van der Waals surface area contributed by atoms with Gasteiger partial charge in [-0.05, 0) is 55.0 Å². The first-order chi connectivity index (χ1) is 16.1. The number of nitrogens with zero attached hydrogens (tertiary/aromatic N) is 5. The zero-order valence-corrected chi connectivity index (χ0v) is 17.8. The van der Waals surface area contributed by atoms with Crippen molar-refractivity contribution in [1.82, 2.24) is 19.9 Å². The van der Waals surface area contributed by atoms with Gasteiger partial charge in [-0.25, -0.2) is 19.3 Å². The Morgan fingerprint density at radius 2 is 1.88 bits per heavy atom. The summed E-state index contributed by atoms with van der Waals surface area (Å²) >= 11 is 0. The van der Waals surface area contributed by atoms with Crippen molar-refractivity contribution in [1.29, 1.82) is 0 Å². The third-order valence-electron chi connectivity index (χ3n) is 5.70. The van der Waals surface area contributed by atoms with Crippen LogP contribution in [0.4, 0.5) is 21.7 Å². The van der Waals surface area contributed by atoms with Crippen LogP contribution in [0, 0.1) is 5.82 Å². The van der Waals surface area contributed by atoms with E-state index < -0.39 is 11.7 Å². The van der Waals surface area contributed by atoms with Crippen molar-refractivity contribution in [2.45, 2.75) is 19.3 Å².